The van der Waals surface area contributed by atoms with Gasteiger partial charge in [-0.2, -0.15) is 5.10 Å². The quantitative estimate of drug-likeness (QED) is 0.241. The van der Waals surface area contributed by atoms with E-state index < -0.39 is 11.8 Å². The van der Waals surface area contributed by atoms with Gasteiger partial charge in [-0.15, -0.1) is 0 Å². The van der Waals surface area contributed by atoms with Crippen molar-refractivity contribution in [3.8, 4) is 11.5 Å². The van der Waals surface area contributed by atoms with Gasteiger partial charge in [0.15, 0.2) is 11.5 Å². The lowest BCUT2D eigenvalue weighted by Gasteiger charge is -2.13. The van der Waals surface area contributed by atoms with Gasteiger partial charge in [0, 0.05) is 5.69 Å². The van der Waals surface area contributed by atoms with Crippen LogP contribution in [-0.4, -0.2) is 31.2 Å². The Hall–Kier alpha value is -2.62. The van der Waals surface area contributed by atoms with Crippen LogP contribution in [0.25, 0.3) is 0 Å². The van der Waals surface area contributed by atoms with E-state index in [-0.39, 0.29) is 6.42 Å². The molecule has 0 spiro atoms. The van der Waals surface area contributed by atoms with Gasteiger partial charge in [-0.1, -0.05) is 18.2 Å². The van der Waals surface area contributed by atoms with E-state index in [0.717, 1.165) is 9.13 Å². The Kier molecular flexibility index (Phi) is 8.73. The molecule has 0 fully saturated rings. The van der Waals surface area contributed by atoms with E-state index >= 15 is 0 Å². The monoisotopic (exact) mass is 495 g/mol. The second-order valence-electron chi connectivity index (χ2n) is 5.58. The van der Waals surface area contributed by atoms with Crippen molar-refractivity contribution in [1.82, 2.24) is 5.43 Å². The standard InChI is InChI=1S/C20H22IN3O4/c1-3-27-17-11-14(10-16(21)20(17)28-4-2)13-22-24-19(26)12-18(25)23-15-8-6-5-7-9-15/h5-11,13H,3-4,12H2,1-2H3,(H,23,25)(H,24,26). The number of para-hydroxylation sites is 1. The number of halogens is 1. The van der Waals surface area contributed by atoms with Gasteiger partial charge in [-0.25, -0.2) is 5.43 Å². The summed E-state index contributed by atoms with van der Waals surface area (Å²) in [4.78, 5) is 23.7. The molecule has 0 saturated heterocycles. The zero-order valence-corrected chi connectivity index (χ0v) is 17.9. The van der Waals surface area contributed by atoms with Gasteiger partial charge in [0.25, 0.3) is 0 Å². The first kappa shape index (κ1) is 21.7. The number of rotatable bonds is 9. The summed E-state index contributed by atoms with van der Waals surface area (Å²) in [7, 11) is 0. The highest BCUT2D eigenvalue weighted by atomic mass is 127. The second kappa shape index (κ2) is 11.3. The third kappa shape index (κ3) is 6.84. The Morgan fingerprint density at radius 2 is 1.79 bits per heavy atom. The van der Waals surface area contributed by atoms with E-state index in [4.69, 9.17) is 9.47 Å². The summed E-state index contributed by atoms with van der Waals surface area (Å²) in [6.45, 7) is 4.84. The van der Waals surface area contributed by atoms with Gasteiger partial charge in [0.2, 0.25) is 11.8 Å². The third-order valence-electron chi connectivity index (χ3n) is 3.40. The first-order valence-electron chi connectivity index (χ1n) is 8.79. The fourth-order valence-corrected chi connectivity index (χ4v) is 3.08. The fourth-order valence-electron chi connectivity index (χ4n) is 2.30. The van der Waals surface area contributed by atoms with E-state index in [1.165, 1.54) is 6.21 Å². The number of nitrogens with one attached hydrogen (secondary N) is 2. The van der Waals surface area contributed by atoms with Gasteiger partial charge < -0.3 is 14.8 Å². The molecular weight excluding hydrogens is 473 g/mol. The molecule has 2 aromatic rings. The largest absolute Gasteiger partial charge is 0.490 e. The number of anilines is 1. The topological polar surface area (TPSA) is 89.0 Å². The minimum absolute atomic E-state index is 0.322. The highest BCUT2D eigenvalue weighted by molar-refractivity contribution is 14.1. The maximum Gasteiger partial charge on any atom is 0.249 e. The van der Waals surface area contributed by atoms with Gasteiger partial charge >= 0.3 is 0 Å². The van der Waals surface area contributed by atoms with Crippen LogP contribution in [0.5, 0.6) is 11.5 Å². The summed E-state index contributed by atoms with van der Waals surface area (Å²) in [6.07, 6.45) is 1.17. The lowest BCUT2D eigenvalue weighted by Crippen LogP contribution is -2.24. The van der Waals surface area contributed by atoms with Crippen LogP contribution in [0.2, 0.25) is 0 Å². The SMILES string of the molecule is CCOc1cc(C=NNC(=O)CC(=O)Nc2ccccc2)cc(I)c1OCC. The van der Waals surface area contributed by atoms with Gasteiger partial charge in [0.1, 0.15) is 6.42 Å². The lowest BCUT2D eigenvalue weighted by molar-refractivity contribution is -0.126. The maximum atomic E-state index is 11.9. The Morgan fingerprint density at radius 3 is 2.46 bits per heavy atom. The minimum atomic E-state index is -0.504. The van der Waals surface area contributed by atoms with Crippen LogP contribution in [0.1, 0.15) is 25.8 Å². The van der Waals surface area contributed by atoms with Crippen molar-refractivity contribution in [2.45, 2.75) is 20.3 Å². The fraction of sp³-hybridized carbons (Fsp3) is 0.250. The van der Waals surface area contributed by atoms with E-state index in [9.17, 15) is 9.59 Å². The highest BCUT2D eigenvalue weighted by Crippen LogP contribution is 2.33. The smallest absolute Gasteiger partial charge is 0.249 e. The number of amides is 2. The molecule has 0 aliphatic rings. The van der Waals surface area contributed by atoms with Crippen molar-refractivity contribution in [2.24, 2.45) is 5.10 Å². The number of nitrogens with zero attached hydrogens (tertiary/aromatic N) is 1. The van der Waals surface area contributed by atoms with Crippen molar-refractivity contribution in [3.63, 3.8) is 0 Å². The van der Waals surface area contributed by atoms with Crippen LogP contribution in [0, 0.1) is 3.57 Å². The first-order valence-corrected chi connectivity index (χ1v) is 9.87. The molecular formula is C20H22IN3O4. The number of carbonyl (C=O) groups excluding carboxylic acids is 2. The lowest BCUT2D eigenvalue weighted by atomic mass is 10.2. The molecule has 0 aliphatic carbocycles. The van der Waals surface area contributed by atoms with E-state index in [0.29, 0.717) is 30.4 Å². The van der Waals surface area contributed by atoms with Crippen LogP contribution < -0.4 is 20.2 Å². The normalized spacial score (nSPS) is 10.5. The average Bonchev–Trinajstić information content (AvgIpc) is 2.65. The summed E-state index contributed by atoms with van der Waals surface area (Å²) >= 11 is 2.16. The summed E-state index contributed by atoms with van der Waals surface area (Å²) in [5.74, 6) is 0.387. The molecule has 2 aromatic carbocycles. The molecule has 8 heteroatoms. The molecule has 7 nitrogen and oxygen atoms in total. The number of hydrogen-bond acceptors (Lipinski definition) is 5. The molecule has 0 saturated carbocycles. The van der Waals surface area contributed by atoms with Gasteiger partial charge in [0.05, 0.1) is 23.0 Å². The molecule has 0 aliphatic heterocycles. The zero-order chi connectivity index (χ0) is 20.4. The van der Waals surface area contributed by atoms with E-state index in [1.807, 2.05) is 26.0 Å². The Bertz CT molecular complexity index is 841. The maximum absolute atomic E-state index is 11.9. The number of ether oxygens (including phenoxy) is 2. The van der Waals surface area contributed by atoms with Crippen molar-refractivity contribution < 1.29 is 19.1 Å². The zero-order valence-electron chi connectivity index (χ0n) is 15.7. The predicted molar refractivity (Wildman–Crippen MR) is 117 cm³/mol. The van der Waals surface area contributed by atoms with Gasteiger partial charge in [-0.05, 0) is 66.3 Å². The van der Waals surface area contributed by atoms with Crippen LogP contribution in [0.3, 0.4) is 0 Å². The minimum Gasteiger partial charge on any atom is -0.490 e. The van der Waals surface area contributed by atoms with Crippen LogP contribution >= 0.6 is 22.6 Å². The van der Waals surface area contributed by atoms with Crippen molar-refractivity contribution in [2.75, 3.05) is 18.5 Å². The predicted octanol–water partition coefficient (Wildman–Crippen LogP) is 3.57. The molecule has 2 amide bonds. The molecule has 28 heavy (non-hydrogen) atoms. The summed E-state index contributed by atoms with van der Waals surface area (Å²) in [5, 5.41) is 6.56. The number of carbonyl (C=O) groups is 2. The molecule has 0 unspecified atom stereocenters. The van der Waals surface area contributed by atoms with E-state index in [1.54, 1.807) is 30.3 Å². The van der Waals surface area contributed by atoms with Gasteiger partial charge in [-0.3, -0.25) is 9.59 Å². The van der Waals surface area contributed by atoms with E-state index in [2.05, 4.69) is 38.4 Å². The summed E-state index contributed by atoms with van der Waals surface area (Å²) in [6, 6.07) is 12.6. The molecule has 0 atom stereocenters. The Labute approximate surface area is 177 Å². The van der Waals surface area contributed by atoms with Crippen LogP contribution in [0.15, 0.2) is 47.6 Å². The van der Waals surface area contributed by atoms with Crippen LogP contribution in [0.4, 0.5) is 5.69 Å². The number of hydrogen-bond donors (Lipinski definition) is 2. The number of benzene rings is 2. The summed E-state index contributed by atoms with van der Waals surface area (Å²) in [5.41, 5.74) is 3.73. The molecule has 0 radical (unpaired) electrons. The molecule has 2 rings (SSSR count). The average molecular weight is 495 g/mol. The molecule has 0 aromatic heterocycles. The summed E-state index contributed by atoms with van der Waals surface area (Å²) < 4.78 is 12.1. The molecule has 0 bridgehead atoms. The highest BCUT2D eigenvalue weighted by Gasteiger charge is 2.12. The van der Waals surface area contributed by atoms with Crippen molar-refractivity contribution in [3.05, 3.63) is 51.6 Å². The molecule has 2 N–H and O–H groups in total. The van der Waals surface area contributed by atoms with Crippen LogP contribution in [-0.2, 0) is 9.59 Å². The van der Waals surface area contributed by atoms with Crippen molar-refractivity contribution in [1.29, 1.82) is 0 Å². The third-order valence-corrected chi connectivity index (χ3v) is 4.20. The van der Waals surface area contributed by atoms with Crippen molar-refractivity contribution >= 4 is 46.3 Å². The first-order chi connectivity index (χ1) is 13.5. The Balaban J connectivity index is 1.94. The second-order valence-corrected chi connectivity index (χ2v) is 6.74. The Morgan fingerprint density at radius 1 is 1.07 bits per heavy atom. The number of hydrazone groups is 1. The molecule has 0 heterocycles. The molecule has 148 valence electrons.